The van der Waals surface area contributed by atoms with Crippen LogP contribution in [0.5, 0.6) is 0 Å². The average molecular weight is 294 g/mol. The number of benzene rings is 1. The lowest BCUT2D eigenvalue weighted by Crippen LogP contribution is -2.32. The van der Waals surface area contributed by atoms with Gasteiger partial charge in [0.25, 0.3) is 10.0 Å². The van der Waals surface area contributed by atoms with Gasteiger partial charge in [0.1, 0.15) is 0 Å². The van der Waals surface area contributed by atoms with Crippen LogP contribution in [0.25, 0.3) is 0 Å². The Labute approximate surface area is 117 Å². The van der Waals surface area contributed by atoms with E-state index in [4.69, 9.17) is 10.00 Å². The Hall–Kier alpha value is -1.91. The molecule has 1 N–H and O–H groups in total. The Bertz CT molecular complexity index is 663. The van der Waals surface area contributed by atoms with Crippen molar-refractivity contribution in [2.24, 2.45) is 5.92 Å². The van der Waals surface area contributed by atoms with Gasteiger partial charge in [0.15, 0.2) is 0 Å². The summed E-state index contributed by atoms with van der Waals surface area (Å²) in [5.74, 6) is -0.977. The number of hydrogen-bond donors (Lipinski definition) is 1. The summed E-state index contributed by atoms with van der Waals surface area (Å²) in [5, 5.41) is 8.75. The van der Waals surface area contributed by atoms with Crippen LogP contribution in [-0.4, -0.2) is 27.0 Å². The van der Waals surface area contributed by atoms with Gasteiger partial charge in [-0.3, -0.25) is 4.79 Å². The van der Waals surface area contributed by atoms with Gasteiger partial charge in [0, 0.05) is 6.61 Å². The molecule has 0 bridgehead atoms. The Kier molecular flexibility index (Phi) is 4.06. The molecule has 20 heavy (non-hydrogen) atoms. The van der Waals surface area contributed by atoms with Crippen LogP contribution >= 0.6 is 0 Å². The van der Waals surface area contributed by atoms with E-state index in [0.29, 0.717) is 13.0 Å². The lowest BCUT2D eigenvalue weighted by atomic mass is 10.2. The van der Waals surface area contributed by atoms with E-state index < -0.39 is 21.8 Å². The molecule has 1 saturated carbocycles. The SMILES string of the molecule is CCO[C@@H]1C[C@H]1C(=O)NS(=O)(=O)c1cccc(C#N)c1. The maximum Gasteiger partial charge on any atom is 0.264 e. The number of hydrogen-bond acceptors (Lipinski definition) is 5. The fraction of sp³-hybridized carbons (Fsp3) is 0.385. The van der Waals surface area contributed by atoms with Crippen molar-refractivity contribution in [1.82, 2.24) is 4.72 Å². The number of sulfonamides is 1. The Morgan fingerprint density at radius 1 is 1.55 bits per heavy atom. The van der Waals surface area contributed by atoms with Crippen LogP contribution in [0.3, 0.4) is 0 Å². The number of amides is 1. The predicted octanol–water partition coefficient (Wildman–Crippen LogP) is 0.788. The molecule has 0 radical (unpaired) electrons. The monoisotopic (exact) mass is 294 g/mol. The fourth-order valence-corrected chi connectivity index (χ4v) is 2.92. The lowest BCUT2D eigenvalue weighted by molar-refractivity contribution is -0.121. The van der Waals surface area contributed by atoms with Crippen molar-refractivity contribution in [3.05, 3.63) is 29.8 Å². The number of carbonyl (C=O) groups excluding carboxylic acids is 1. The second kappa shape index (κ2) is 5.61. The summed E-state index contributed by atoms with van der Waals surface area (Å²) >= 11 is 0. The van der Waals surface area contributed by atoms with Crippen molar-refractivity contribution in [3.8, 4) is 6.07 Å². The molecule has 1 aromatic carbocycles. The minimum absolute atomic E-state index is 0.0986. The molecular formula is C13H14N2O4S. The smallest absolute Gasteiger partial charge is 0.264 e. The Morgan fingerprint density at radius 3 is 2.95 bits per heavy atom. The van der Waals surface area contributed by atoms with Crippen molar-refractivity contribution >= 4 is 15.9 Å². The van der Waals surface area contributed by atoms with Crippen molar-refractivity contribution in [1.29, 1.82) is 5.26 Å². The maximum atomic E-state index is 12.0. The molecule has 2 rings (SSSR count). The van der Waals surface area contributed by atoms with Crippen molar-refractivity contribution in [2.45, 2.75) is 24.3 Å². The summed E-state index contributed by atoms with van der Waals surface area (Å²) in [4.78, 5) is 11.7. The molecule has 1 fully saturated rings. The molecule has 7 heteroatoms. The van der Waals surface area contributed by atoms with Crippen LogP contribution in [0.15, 0.2) is 29.2 Å². The van der Waals surface area contributed by atoms with Crippen LogP contribution in [0.1, 0.15) is 18.9 Å². The zero-order valence-electron chi connectivity index (χ0n) is 10.9. The first-order chi connectivity index (χ1) is 9.47. The summed E-state index contributed by atoms with van der Waals surface area (Å²) in [6.45, 7) is 2.31. The van der Waals surface area contributed by atoms with Gasteiger partial charge >= 0.3 is 0 Å². The Morgan fingerprint density at radius 2 is 2.30 bits per heavy atom. The molecule has 0 spiro atoms. The molecular weight excluding hydrogens is 280 g/mol. The van der Waals surface area contributed by atoms with Crippen molar-refractivity contribution < 1.29 is 17.9 Å². The molecule has 0 saturated heterocycles. The van der Waals surface area contributed by atoms with E-state index in [0.717, 1.165) is 0 Å². The third-order valence-electron chi connectivity index (χ3n) is 2.96. The largest absolute Gasteiger partial charge is 0.378 e. The van der Waals surface area contributed by atoms with Crippen molar-refractivity contribution in [3.63, 3.8) is 0 Å². The summed E-state index contributed by atoms with van der Waals surface area (Å²) in [6.07, 6.45) is 0.341. The summed E-state index contributed by atoms with van der Waals surface area (Å²) in [5.41, 5.74) is 0.221. The van der Waals surface area contributed by atoms with Gasteiger partial charge < -0.3 is 4.74 Å². The zero-order chi connectivity index (χ0) is 14.8. The molecule has 1 amide bonds. The summed E-state index contributed by atoms with van der Waals surface area (Å²) < 4.78 is 31.3. The van der Waals surface area contributed by atoms with E-state index in [2.05, 4.69) is 0 Å². The van der Waals surface area contributed by atoms with Crippen LogP contribution < -0.4 is 4.72 Å². The molecule has 1 aliphatic carbocycles. The molecule has 106 valence electrons. The van der Waals surface area contributed by atoms with Gasteiger partial charge in [-0.15, -0.1) is 0 Å². The molecule has 1 aliphatic rings. The summed E-state index contributed by atoms with van der Waals surface area (Å²) in [7, 11) is -3.94. The molecule has 0 aliphatic heterocycles. The average Bonchev–Trinajstić information content (AvgIpc) is 3.18. The van der Waals surface area contributed by atoms with E-state index in [1.54, 1.807) is 0 Å². The normalized spacial score (nSPS) is 21.0. The van der Waals surface area contributed by atoms with Gasteiger partial charge in [-0.1, -0.05) is 6.07 Å². The number of carbonyl (C=O) groups is 1. The van der Waals surface area contributed by atoms with Crippen LogP contribution in [0.4, 0.5) is 0 Å². The molecule has 0 heterocycles. The van der Waals surface area contributed by atoms with Gasteiger partial charge in [0.05, 0.1) is 28.6 Å². The van der Waals surface area contributed by atoms with Crippen LogP contribution in [-0.2, 0) is 19.6 Å². The molecule has 0 aromatic heterocycles. The van der Waals surface area contributed by atoms with Gasteiger partial charge in [0.2, 0.25) is 5.91 Å². The second-order valence-corrected chi connectivity index (χ2v) is 6.13. The van der Waals surface area contributed by atoms with E-state index in [1.807, 2.05) is 17.7 Å². The quantitative estimate of drug-likeness (QED) is 0.866. The molecule has 1 aromatic rings. The number of nitrogens with one attached hydrogen (secondary N) is 1. The first-order valence-electron chi connectivity index (χ1n) is 6.16. The number of ether oxygens (including phenoxy) is 1. The number of nitrogens with zero attached hydrogens (tertiary/aromatic N) is 1. The highest BCUT2D eigenvalue weighted by Gasteiger charge is 2.45. The van der Waals surface area contributed by atoms with Gasteiger partial charge in [-0.2, -0.15) is 5.26 Å². The van der Waals surface area contributed by atoms with E-state index in [-0.39, 0.29) is 16.6 Å². The highest BCUT2D eigenvalue weighted by atomic mass is 32.2. The lowest BCUT2D eigenvalue weighted by Gasteiger charge is -2.07. The minimum Gasteiger partial charge on any atom is -0.378 e. The third kappa shape index (κ3) is 3.15. The molecule has 0 unspecified atom stereocenters. The van der Waals surface area contributed by atoms with Gasteiger partial charge in [-0.25, -0.2) is 13.1 Å². The summed E-state index contributed by atoms with van der Waals surface area (Å²) in [6, 6.07) is 7.36. The number of rotatable bonds is 5. The van der Waals surface area contributed by atoms with Crippen LogP contribution in [0.2, 0.25) is 0 Å². The number of nitriles is 1. The highest BCUT2D eigenvalue weighted by Crippen LogP contribution is 2.34. The van der Waals surface area contributed by atoms with E-state index in [9.17, 15) is 13.2 Å². The van der Waals surface area contributed by atoms with E-state index >= 15 is 0 Å². The topological polar surface area (TPSA) is 96.3 Å². The van der Waals surface area contributed by atoms with Crippen LogP contribution in [0, 0.1) is 17.2 Å². The first kappa shape index (κ1) is 14.5. The maximum absolute atomic E-state index is 12.0. The van der Waals surface area contributed by atoms with Gasteiger partial charge in [-0.05, 0) is 31.5 Å². The zero-order valence-corrected chi connectivity index (χ0v) is 11.7. The standard InChI is InChI=1S/C13H14N2O4S/c1-2-19-12-7-11(12)13(16)15-20(17,18)10-5-3-4-9(6-10)8-14/h3-6,11-12H,2,7H2,1H3,(H,15,16)/t11-,12-/m1/s1. The minimum atomic E-state index is -3.94. The highest BCUT2D eigenvalue weighted by molar-refractivity contribution is 7.90. The predicted molar refractivity (Wildman–Crippen MR) is 70.0 cm³/mol. The molecule has 6 nitrogen and oxygen atoms in total. The third-order valence-corrected chi connectivity index (χ3v) is 4.30. The fourth-order valence-electron chi connectivity index (χ4n) is 1.85. The molecule has 2 atom stereocenters. The Balaban J connectivity index is 2.08. The first-order valence-corrected chi connectivity index (χ1v) is 7.64. The van der Waals surface area contributed by atoms with E-state index in [1.165, 1.54) is 24.3 Å². The second-order valence-electron chi connectivity index (χ2n) is 4.45. The van der Waals surface area contributed by atoms with Crippen molar-refractivity contribution in [2.75, 3.05) is 6.61 Å².